The first-order valence-electron chi connectivity index (χ1n) is 8.43. The Labute approximate surface area is 161 Å². The maximum atomic E-state index is 13.2. The average Bonchev–Trinajstić information content (AvgIpc) is 3.14. The zero-order valence-electron chi connectivity index (χ0n) is 14.5. The molecule has 0 bridgehead atoms. The van der Waals surface area contributed by atoms with Crippen molar-refractivity contribution in [2.24, 2.45) is 0 Å². The van der Waals surface area contributed by atoms with Gasteiger partial charge in [-0.1, -0.05) is 36.4 Å². The van der Waals surface area contributed by atoms with Crippen LogP contribution in [-0.2, 0) is 9.84 Å². The van der Waals surface area contributed by atoms with Crippen molar-refractivity contribution in [1.82, 2.24) is 4.98 Å². The first-order chi connectivity index (χ1) is 13.5. The van der Waals surface area contributed by atoms with Gasteiger partial charge in [0.2, 0.25) is 26.6 Å². The molecule has 5 nitrogen and oxygen atoms in total. The van der Waals surface area contributed by atoms with Crippen molar-refractivity contribution >= 4 is 21.4 Å². The smallest absolute Gasteiger partial charge is 0.238 e. The van der Waals surface area contributed by atoms with Crippen molar-refractivity contribution < 1.29 is 17.2 Å². The van der Waals surface area contributed by atoms with Gasteiger partial charge in [0.1, 0.15) is 5.82 Å². The third-order valence-electron chi connectivity index (χ3n) is 4.03. The Hall–Kier alpha value is -3.45. The predicted octanol–water partition coefficient (Wildman–Crippen LogP) is 5.06. The largest absolute Gasteiger partial charge is 0.419 e. The molecule has 4 aromatic rings. The summed E-state index contributed by atoms with van der Waals surface area (Å²) in [5.41, 5.74) is 1.11. The summed E-state index contributed by atoms with van der Waals surface area (Å²) >= 11 is 0. The molecule has 0 spiro atoms. The number of nitrogens with zero attached hydrogens (tertiary/aromatic N) is 1. The van der Waals surface area contributed by atoms with Gasteiger partial charge in [-0.2, -0.15) is 4.98 Å². The van der Waals surface area contributed by atoms with Gasteiger partial charge in [0.15, 0.2) is 0 Å². The van der Waals surface area contributed by atoms with Gasteiger partial charge in [-0.25, -0.2) is 12.8 Å². The monoisotopic (exact) mass is 394 g/mol. The lowest BCUT2D eigenvalue weighted by molar-refractivity contribution is 0.581. The predicted molar refractivity (Wildman–Crippen MR) is 104 cm³/mol. The number of rotatable bonds is 5. The van der Waals surface area contributed by atoms with Gasteiger partial charge in [-0.15, -0.1) is 0 Å². The lowest BCUT2D eigenvalue weighted by atomic mass is 10.2. The fraction of sp³-hybridized carbons (Fsp3) is 0. The number of oxazole rings is 1. The Bertz CT molecular complexity index is 1190. The molecule has 28 heavy (non-hydrogen) atoms. The molecule has 0 radical (unpaired) electrons. The SMILES string of the molecule is O=S(=O)(c1ccccc1)c1nc(-c2ccc(F)cc2)oc1Nc1ccccc1. The molecule has 0 amide bonds. The number of sulfone groups is 1. The molecule has 3 aromatic carbocycles. The Morgan fingerprint density at radius 3 is 2.07 bits per heavy atom. The molecule has 0 unspecified atom stereocenters. The Morgan fingerprint density at radius 2 is 1.43 bits per heavy atom. The summed E-state index contributed by atoms with van der Waals surface area (Å²) < 4.78 is 45.2. The molecule has 1 heterocycles. The van der Waals surface area contributed by atoms with Gasteiger partial charge >= 0.3 is 0 Å². The molecule has 0 atom stereocenters. The number of hydrogen-bond donors (Lipinski definition) is 1. The first kappa shape index (κ1) is 17.9. The van der Waals surface area contributed by atoms with E-state index in [1.807, 2.05) is 18.2 Å². The summed E-state index contributed by atoms with van der Waals surface area (Å²) in [7, 11) is -3.93. The second kappa shape index (κ2) is 7.28. The van der Waals surface area contributed by atoms with Crippen LogP contribution in [0.2, 0.25) is 0 Å². The van der Waals surface area contributed by atoms with Crippen molar-refractivity contribution in [3.05, 3.63) is 90.7 Å². The van der Waals surface area contributed by atoms with Crippen molar-refractivity contribution in [3.63, 3.8) is 0 Å². The highest BCUT2D eigenvalue weighted by Gasteiger charge is 2.28. The van der Waals surface area contributed by atoms with Crippen molar-refractivity contribution in [1.29, 1.82) is 0 Å². The van der Waals surface area contributed by atoms with Gasteiger partial charge in [0.05, 0.1) is 4.90 Å². The highest BCUT2D eigenvalue weighted by Crippen LogP contribution is 2.34. The van der Waals surface area contributed by atoms with Crippen LogP contribution in [0.5, 0.6) is 0 Å². The Kier molecular flexibility index (Phi) is 4.67. The minimum atomic E-state index is -3.93. The molecule has 0 aliphatic rings. The number of hydrogen-bond acceptors (Lipinski definition) is 5. The van der Waals surface area contributed by atoms with Crippen molar-refractivity contribution in [2.75, 3.05) is 5.32 Å². The Balaban J connectivity index is 1.84. The first-order valence-corrected chi connectivity index (χ1v) is 9.91. The highest BCUT2D eigenvalue weighted by atomic mass is 32.2. The quantitative estimate of drug-likeness (QED) is 0.512. The molecule has 1 aromatic heterocycles. The summed E-state index contributed by atoms with van der Waals surface area (Å²) in [5, 5.41) is 2.73. The van der Waals surface area contributed by atoms with E-state index in [1.165, 1.54) is 36.4 Å². The summed E-state index contributed by atoms with van der Waals surface area (Å²) in [6, 6.07) is 22.5. The maximum absolute atomic E-state index is 13.2. The normalized spacial score (nSPS) is 11.3. The maximum Gasteiger partial charge on any atom is 0.238 e. The zero-order valence-corrected chi connectivity index (χ0v) is 15.4. The van der Waals surface area contributed by atoms with Crippen LogP contribution in [0.15, 0.2) is 99.3 Å². The van der Waals surface area contributed by atoms with Crippen LogP contribution in [0.3, 0.4) is 0 Å². The van der Waals surface area contributed by atoms with Crippen LogP contribution >= 0.6 is 0 Å². The van der Waals surface area contributed by atoms with Crippen LogP contribution in [0.1, 0.15) is 0 Å². The fourth-order valence-electron chi connectivity index (χ4n) is 2.65. The van der Waals surface area contributed by atoms with E-state index in [9.17, 15) is 12.8 Å². The lowest BCUT2D eigenvalue weighted by Crippen LogP contribution is -2.05. The molecule has 140 valence electrons. The van der Waals surface area contributed by atoms with Crippen LogP contribution in [0, 0.1) is 5.82 Å². The van der Waals surface area contributed by atoms with E-state index in [0.717, 1.165) is 0 Å². The van der Waals surface area contributed by atoms with Gasteiger partial charge in [0, 0.05) is 11.3 Å². The van der Waals surface area contributed by atoms with Gasteiger partial charge in [0.25, 0.3) is 0 Å². The van der Waals surface area contributed by atoms with Crippen molar-refractivity contribution in [3.8, 4) is 11.5 Å². The lowest BCUT2D eigenvalue weighted by Gasteiger charge is -2.05. The average molecular weight is 394 g/mol. The number of nitrogens with one attached hydrogen (secondary N) is 1. The highest BCUT2D eigenvalue weighted by molar-refractivity contribution is 7.91. The van der Waals surface area contributed by atoms with E-state index in [2.05, 4.69) is 10.3 Å². The minimum Gasteiger partial charge on any atom is -0.419 e. The molecule has 0 aliphatic carbocycles. The molecular weight excluding hydrogens is 379 g/mol. The second-order valence-electron chi connectivity index (χ2n) is 5.97. The number of benzene rings is 3. The van der Waals surface area contributed by atoms with E-state index in [0.29, 0.717) is 11.3 Å². The summed E-state index contributed by atoms with van der Waals surface area (Å²) in [6.45, 7) is 0. The van der Waals surface area contributed by atoms with E-state index < -0.39 is 15.7 Å². The third-order valence-corrected chi connectivity index (χ3v) is 5.71. The topological polar surface area (TPSA) is 72.2 Å². The second-order valence-corrected chi connectivity index (χ2v) is 7.83. The third kappa shape index (κ3) is 3.52. The number of aromatic nitrogens is 1. The standard InChI is InChI=1S/C21H15FN2O3S/c22-16-13-11-15(12-14-16)19-24-21(28(25,26)18-9-5-2-6-10-18)20(27-19)23-17-7-3-1-4-8-17/h1-14,23H. The zero-order chi connectivity index (χ0) is 19.6. The van der Waals surface area contributed by atoms with Crippen LogP contribution in [0.25, 0.3) is 11.5 Å². The molecule has 0 saturated heterocycles. The summed E-state index contributed by atoms with van der Waals surface area (Å²) in [6.07, 6.45) is 0. The van der Waals surface area contributed by atoms with E-state index >= 15 is 0 Å². The number of para-hydroxylation sites is 1. The fourth-order valence-corrected chi connectivity index (χ4v) is 3.93. The summed E-state index contributed by atoms with van der Waals surface area (Å²) in [4.78, 5) is 4.32. The number of anilines is 2. The van der Waals surface area contributed by atoms with Crippen LogP contribution < -0.4 is 5.32 Å². The molecule has 0 fully saturated rings. The van der Waals surface area contributed by atoms with Gasteiger partial charge in [-0.3, -0.25) is 0 Å². The van der Waals surface area contributed by atoms with E-state index in [-0.39, 0.29) is 21.7 Å². The van der Waals surface area contributed by atoms with Gasteiger partial charge < -0.3 is 9.73 Å². The van der Waals surface area contributed by atoms with Crippen LogP contribution in [0.4, 0.5) is 16.0 Å². The minimum absolute atomic E-state index is 0.00521. The molecule has 1 N–H and O–H groups in total. The number of halogens is 1. The van der Waals surface area contributed by atoms with Gasteiger partial charge in [-0.05, 0) is 48.5 Å². The van der Waals surface area contributed by atoms with Crippen molar-refractivity contribution in [2.45, 2.75) is 9.92 Å². The molecule has 4 rings (SSSR count). The summed E-state index contributed by atoms with van der Waals surface area (Å²) in [5.74, 6) is -0.336. The van der Waals surface area contributed by atoms with E-state index in [1.54, 1.807) is 30.3 Å². The molecular formula is C21H15FN2O3S. The molecule has 0 saturated carbocycles. The Morgan fingerprint density at radius 1 is 0.821 bits per heavy atom. The van der Waals surface area contributed by atoms with Crippen LogP contribution in [-0.4, -0.2) is 13.4 Å². The van der Waals surface area contributed by atoms with E-state index in [4.69, 9.17) is 4.42 Å². The molecule has 0 aliphatic heterocycles. The molecule has 7 heteroatoms.